The van der Waals surface area contributed by atoms with Gasteiger partial charge in [-0.1, -0.05) is 12.1 Å². The molecule has 176 valence electrons. The zero-order chi connectivity index (χ0) is 22.1. The van der Waals surface area contributed by atoms with Crippen LogP contribution < -0.4 is 15.4 Å². The number of benzene rings is 1. The van der Waals surface area contributed by atoms with Crippen molar-refractivity contribution in [3.05, 3.63) is 29.3 Å². The molecule has 1 fully saturated rings. The van der Waals surface area contributed by atoms with Crippen LogP contribution in [-0.2, 0) is 16.1 Å². The Morgan fingerprint density at radius 1 is 1.35 bits per heavy atom. The Hall–Kier alpha value is -1.76. The van der Waals surface area contributed by atoms with E-state index in [0.29, 0.717) is 36.5 Å². The van der Waals surface area contributed by atoms with Crippen molar-refractivity contribution in [1.82, 2.24) is 15.5 Å². The maximum absolute atomic E-state index is 12.4. The predicted octanol–water partition coefficient (Wildman–Crippen LogP) is 2.71. The smallest absolute Gasteiger partial charge is 0.406 e. The standard InChI is InChI=1S/C20H29F3N4O3.HI/c1-14-4-5-16(17(8-14)30-12-15-6-7-29-11-15)9-25-19(24-2)26-10-18(28)27(3)13-20(21,22)23;/h4-5,8,15H,6-7,9-13H2,1-3H3,(H2,24,25,26);1H. The molecule has 1 atom stereocenters. The molecule has 7 nitrogen and oxygen atoms in total. The molecule has 0 aromatic heterocycles. The van der Waals surface area contributed by atoms with Crippen LogP contribution in [0.1, 0.15) is 17.5 Å². The van der Waals surface area contributed by atoms with Crippen molar-refractivity contribution in [2.75, 3.05) is 47.0 Å². The highest BCUT2D eigenvalue weighted by atomic mass is 127. The van der Waals surface area contributed by atoms with Gasteiger partial charge in [-0.2, -0.15) is 13.2 Å². The lowest BCUT2D eigenvalue weighted by Gasteiger charge is -2.20. The van der Waals surface area contributed by atoms with Gasteiger partial charge >= 0.3 is 6.18 Å². The first kappa shape index (κ1) is 27.3. The SMILES string of the molecule is CN=C(NCC(=O)N(C)CC(F)(F)F)NCc1ccc(C)cc1OCC1CCOC1.I. The highest BCUT2D eigenvalue weighted by molar-refractivity contribution is 14.0. The molecule has 0 spiro atoms. The van der Waals surface area contributed by atoms with Gasteiger partial charge in [-0.05, 0) is 25.0 Å². The second-order valence-electron chi connectivity index (χ2n) is 7.30. The van der Waals surface area contributed by atoms with Crippen LogP contribution in [0.4, 0.5) is 13.2 Å². The van der Waals surface area contributed by atoms with Gasteiger partial charge in [0.25, 0.3) is 0 Å². The fourth-order valence-electron chi connectivity index (χ4n) is 2.92. The summed E-state index contributed by atoms with van der Waals surface area (Å²) in [6.07, 6.45) is -3.45. The highest BCUT2D eigenvalue weighted by Crippen LogP contribution is 2.22. The molecule has 1 unspecified atom stereocenters. The third kappa shape index (κ3) is 9.93. The van der Waals surface area contributed by atoms with Gasteiger partial charge in [0.05, 0.1) is 19.8 Å². The molecule has 0 saturated carbocycles. The normalized spacial score (nSPS) is 16.5. The molecule has 1 saturated heterocycles. The summed E-state index contributed by atoms with van der Waals surface area (Å²) in [6, 6.07) is 5.87. The number of carbonyl (C=O) groups excluding carboxylic acids is 1. The van der Waals surface area contributed by atoms with Gasteiger partial charge in [0.1, 0.15) is 12.3 Å². The number of nitrogens with one attached hydrogen (secondary N) is 2. The van der Waals surface area contributed by atoms with Gasteiger partial charge in [0.15, 0.2) is 5.96 Å². The third-order valence-corrected chi connectivity index (χ3v) is 4.64. The Kier molecular flexibility index (Phi) is 11.4. The Balaban J connectivity index is 0.00000480. The Morgan fingerprint density at radius 2 is 2.10 bits per heavy atom. The number of likely N-dealkylation sites (N-methyl/N-ethyl adjacent to an activating group) is 1. The molecule has 31 heavy (non-hydrogen) atoms. The lowest BCUT2D eigenvalue weighted by Crippen LogP contribution is -2.45. The molecule has 2 N–H and O–H groups in total. The molecule has 11 heteroatoms. The number of carbonyl (C=O) groups is 1. The fourth-order valence-corrected chi connectivity index (χ4v) is 2.92. The molecule has 1 amide bonds. The molecule has 1 aromatic rings. The van der Waals surface area contributed by atoms with Crippen LogP contribution in [0, 0.1) is 12.8 Å². The van der Waals surface area contributed by atoms with Crippen molar-refractivity contribution in [3.63, 3.8) is 0 Å². The van der Waals surface area contributed by atoms with Crippen LogP contribution in [0.2, 0.25) is 0 Å². The second kappa shape index (κ2) is 12.9. The first-order valence-corrected chi connectivity index (χ1v) is 9.73. The van der Waals surface area contributed by atoms with Gasteiger partial charge in [0, 0.05) is 38.7 Å². The number of ether oxygens (including phenoxy) is 2. The molecule has 0 aliphatic carbocycles. The van der Waals surface area contributed by atoms with Crippen LogP contribution in [0.5, 0.6) is 5.75 Å². The number of rotatable bonds is 8. The van der Waals surface area contributed by atoms with Crippen LogP contribution >= 0.6 is 24.0 Å². The summed E-state index contributed by atoms with van der Waals surface area (Å²) in [5.41, 5.74) is 1.97. The minimum atomic E-state index is -4.43. The minimum absolute atomic E-state index is 0. The quantitative estimate of drug-likeness (QED) is 0.292. The monoisotopic (exact) mass is 558 g/mol. The number of hydrogen-bond acceptors (Lipinski definition) is 4. The summed E-state index contributed by atoms with van der Waals surface area (Å²) in [5.74, 6) is 0.749. The van der Waals surface area contributed by atoms with Gasteiger partial charge < -0.3 is 25.0 Å². The van der Waals surface area contributed by atoms with Crippen molar-refractivity contribution in [1.29, 1.82) is 0 Å². The third-order valence-electron chi connectivity index (χ3n) is 4.64. The van der Waals surface area contributed by atoms with E-state index >= 15 is 0 Å². The van der Waals surface area contributed by atoms with E-state index in [4.69, 9.17) is 9.47 Å². The highest BCUT2D eigenvalue weighted by Gasteiger charge is 2.31. The number of aryl methyl sites for hydroxylation is 1. The number of amides is 1. The van der Waals surface area contributed by atoms with Gasteiger partial charge in [0.2, 0.25) is 5.91 Å². The summed E-state index contributed by atoms with van der Waals surface area (Å²) in [4.78, 5) is 16.5. The van der Waals surface area contributed by atoms with Crippen LogP contribution in [-0.4, -0.2) is 69.9 Å². The zero-order valence-corrected chi connectivity index (χ0v) is 20.3. The zero-order valence-electron chi connectivity index (χ0n) is 17.9. The molecule has 1 aliphatic rings. The average molecular weight is 558 g/mol. The van der Waals surface area contributed by atoms with Gasteiger partial charge in [-0.15, -0.1) is 24.0 Å². The van der Waals surface area contributed by atoms with E-state index < -0.39 is 18.6 Å². The Morgan fingerprint density at radius 3 is 2.71 bits per heavy atom. The van der Waals surface area contributed by atoms with Crippen molar-refractivity contribution >= 4 is 35.8 Å². The summed E-state index contributed by atoms with van der Waals surface area (Å²) < 4.78 is 48.6. The van der Waals surface area contributed by atoms with Crippen LogP contribution in [0.25, 0.3) is 0 Å². The summed E-state index contributed by atoms with van der Waals surface area (Å²) in [5, 5.41) is 5.79. The maximum Gasteiger partial charge on any atom is 0.406 e. The summed E-state index contributed by atoms with van der Waals surface area (Å²) in [7, 11) is 2.63. The number of halogens is 4. The number of nitrogens with zero attached hydrogens (tertiary/aromatic N) is 2. The lowest BCUT2D eigenvalue weighted by atomic mass is 10.1. The van der Waals surface area contributed by atoms with Crippen molar-refractivity contribution in [2.24, 2.45) is 10.9 Å². The first-order chi connectivity index (χ1) is 14.2. The van der Waals surface area contributed by atoms with Crippen LogP contribution in [0.15, 0.2) is 23.2 Å². The summed E-state index contributed by atoms with van der Waals surface area (Å²) >= 11 is 0. The van der Waals surface area contributed by atoms with Crippen molar-refractivity contribution in [2.45, 2.75) is 26.1 Å². The van der Waals surface area contributed by atoms with Crippen LogP contribution in [0.3, 0.4) is 0 Å². The predicted molar refractivity (Wildman–Crippen MR) is 123 cm³/mol. The molecule has 1 heterocycles. The summed E-state index contributed by atoms with van der Waals surface area (Å²) in [6.45, 7) is 2.79. The largest absolute Gasteiger partial charge is 0.493 e. The van der Waals surface area contributed by atoms with Gasteiger partial charge in [-0.25, -0.2) is 0 Å². The van der Waals surface area contributed by atoms with E-state index in [1.54, 1.807) is 0 Å². The number of aliphatic imine (C=N–C) groups is 1. The van der Waals surface area contributed by atoms with Gasteiger partial charge in [-0.3, -0.25) is 9.79 Å². The van der Waals surface area contributed by atoms with E-state index in [1.807, 2.05) is 25.1 Å². The minimum Gasteiger partial charge on any atom is -0.493 e. The maximum atomic E-state index is 12.4. The first-order valence-electron chi connectivity index (χ1n) is 9.73. The van der Waals surface area contributed by atoms with Crippen molar-refractivity contribution in [3.8, 4) is 5.75 Å². The van der Waals surface area contributed by atoms with E-state index in [-0.39, 0.29) is 30.5 Å². The lowest BCUT2D eigenvalue weighted by molar-refractivity contribution is -0.157. The molecular formula is C20H30F3IN4O3. The Labute approximate surface area is 197 Å². The Bertz CT molecular complexity index is 741. The molecule has 0 radical (unpaired) electrons. The van der Waals surface area contributed by atoms with E-state index in [1.165, 1.54) is 7.05 Å². The number of alkyl halides is 3. The van der Waals surface area contributed by atoms with E-state index in [9.17, 15) is 18.0 Å². The average Bonchev–Trinajstić information content (AvgIpc) is 3.19. The number of hydrogen-bond donors (Lipinski definition) is 2. The number of guanidine groups is 1. The van der Waals surface area contributed by atoms with E-state index in [0.717, 1.165) is 37.0 Å². The molecule has 1 aliphatic heterocycles. The fraction of sp³-hybridized carbons (Fsp3) is 0.600. The molecule has 1 aromatic carbocycles. The molecular weight excluding hydrogens is 528 g/mol. The topological polar surface area (TPSA) is 75.2 Å². The molecule has 2 rings (SSSR count). The van der Waals surface area contributed by atoms with E-state index in [2.05, 4.69) is 15.6 Å². The molecule has 0 bridgehead atoms. The second-order valence-corrected chi connectivity index (χ2v) is 7.30. The van der Waals surface area contributed by atoms with Crippen molar-refractivity contribution < 1.29 is 27.4 Å².